The van der Waals surface area contributed by atoms with Crippen LogP contribution < -0.4 is 0 Å². The summed E-state index contributed by atoms with van der Waals surface area (Å²) >= 11 is 11.7. The average molecular weight is 338 g/mol. The molecule has 1 amide bonds. The monoisotopic (exact) mass is 337 g/mol. The Hall–Kier alpha value is -2.04. The Kier molecular flexibility index (Phi) is 5.06. The van der Waals surface area contributed by atoms with E-state index in [4.69, 9.17) is 23.2 Å². The number of nitrogens with zero attached hydrogens (tertiary/aromatic N) is 1. The fraction of sp³-hybridized carbons (Fsp3) is 0.125. The number of benzene rings is 2. The fourth-order valence-corrected chi connectivity index (χ4v) is 2.51. The maximum absolute atomic E-state index is 12.2. The van der Waals surface area contributed by atoms with E-state index in [0.29, 0.717) is 15.6 Å². The van der Waals surface area contributed by atoms with Crippen molar-refractivity contribution in [3.05, 3.63) is 63.6 Å². The topological polar surface area (TPSA) is 57.6 Å². The molecule has 0 bridgehead atoms. The molecule has 2 aromatic carbocycles. The highest BCUT2D eigenvalue weighted by molar-refractivity contribution is 6.44. The van der Waals surface area contributed by atoms with Gasteiger partial charge in [-0.3, -0.25) is 9.59 Å². The number of halogens is 2. The molecule has 0 aliphatic carbocycles. The molecule has 0 aliphatic rings. The number of hydrogen-bond donors (Lipinski definition) is 1. The number of phenols is 1. The van der Waals surface area contributed by atoms with E-state index in [1.54, 1.807) is 12.1 Å². The summed E-state index contributed by atoms with van der Waals surface area (Å²) in [7, 11) is 1.51. The van der Waals surface area contributed by atoms with E-state index in [9.17, 15) is 14.7 Å². The highest BCUT2D eigenvalue weighted by Crippen LogP contribution is 2.20. The van der Waals surface area contributed by atoms with Crippen LogP contribution in [-0.2, 0) is 11.3 Å². The molecule has 22 heavy (non-hydrogen) atoms. The van der Waals surface area contributed by atoms with Crippen LogP contribution in [0, 0.1) is 0 Å². The standard InChI is InChI=1S/C16H13Cl2NO3/c1-19(9-10-3-2-4-14(20)5-10)16(22)15(21)11-6-12(17)8-13(18)7-11/h2-8,20H,9H2,1H3. The molecule has 6 heteroatoms. The van der Waals surface area contributed by atoms with Crippen molar-refractivity contribution in [3.63, 3.8) is 0 Å². The summed E-state index contributed by atoms with van der Waals surface area (Å²) in [5.41, 5.74) is 0.859. The third kappa shape index (κ3) is 4.00. The van der Waals surface area contributed by atoms with E-state index in [1.165, 1.54) is 42.3 Å². The van der Waals surface area contributed by atoms with Crippen molar-refractivity contribution in [1.82, 2.24) is 4.90 Å². The van der Waals surface area contributed by atoms with Crippen LogP contribution in [0.25, 0.3) is 0 Å². The molecule has 0 saturated carbocycles. The van der Waals surface area contributed by atoms with Crippen molar-refractivity contribution >= 4 is 34.9 Å². The van der Waals surface area contributed by atoms with E-state index in [-0.39, 0.29) is 17.9 Å². The minimum absolute atomic E-state index is 0.103. The summed E-state index contributed by atoms with van der Waals surface area (Å²) in [4.78, 5) is 25.6. The molecule has 2 rings (SSSR count). The molecule has 0 atom stereocenters. The van der Waals surface area contributed by atoms with Crippen molar-refractivity contribution in [2.24, 2.45) is 0 Å². The Bertz CT molecular complexity index is 711. The first-order valence-electron chi connectivity index (χ1n) is 6.40. The molecule has 0 heterocycles. The van der Waals surface area contributed by atoms with Gasteiger partial charge in [0.15, 0.2) is 0 Å². The molecule has 1 N–H and O–H groups in total. The van der Waals surface area contributed by atoms with Crippen LogP contribution in [0.3, 0.4) is 0 Å². The Morgan fingerprint density at radius 1 is 1.09 bits per heavy atom. The Balaban J connectivity index is 2.14. The number of phenolic OH excluding ortho intramolecular Hbond substituents is 1. The number of amides is 1. The van der Waals surface area contributed by atoms with Gasteiger partial charge in [-0.2, -0.15) is 0 Å². The highest BCUT2D eigenvalue weighted by Gasteiger charge is 2.21. The molecule has 0 radical (unpaired) electrons. The molecular weight excluding hydrogens is 325 g/mol. The van der Waals surface area contributed by atoms with Crippen LogP contribution >= 0.6 is 23.2 Å². The normalized spacial score (nSPS) is 10.3. The second-order valence-corrected chi connectivity index (χ2v) is 5.69. The van der Waals surface area contributed by atoms with Crippen molar-refractivity contribution in [2.45, 2.75) is 6.54 Å². The molecule has 0 unspecified atom stereocenters. The van der Waals surface area contributed by atoms with Gasteiger partial charge in [0.2, 0.25) is 5.78 Å². The zero-order valence-corrected chi connectivity index (χ0v) is 13.2. The summed E-state index contributed by atoms with van der Waals surface area (Å²) < 4.78 is 0. The summed E-state index contributed by atoms with van der Waals surface area (Å²) in [5.74, 6) is -1.26. The first kappa shape index (κ1) is 16.3. The summed E-state index contributed by atoms with van der Waals surface area (Å²) in [6, 6.07) is 10.8. The Labute approximate surface area is 137 Å². The van der Waals surface area contributed by atoms with E-state index in [0.717, 1.165) is 0 Å². The number of ketones is 1. The first-order chi connectivity index (χ1) is 10.4. The van der Waals surface area contributed by atoms with Crippen LogP contribution in [0.15, 0.2) is 42.5 Å². The molecule has 4 nitrogen and oxygen atoms in total. The predicted octanol–water partition coefficient (Wildman–Crippen LogP) is 3.54. The minimum Gasteiger partial charge on any atom is -0.508 e. The molecule has 0 aliphatic heterocycles. The van der Waals surface area contributed by atoms with Crippen LogP contribution in [0.1, 0.15) is 15.9 Å². The third-order valence-corrected chi connectivity index (χ3v) is 3.43. The Morgan fingerprint density at radius 3 is 2.32 bits per heavy atom. The van der Waals surface area contributed by atoms with Gasteiger partial charge in [0.05, 0.1) is 0 Å². The number of likely N-dealkylation sites (N-methyl/N-ethyl adjacent to an activating group) is 1. The number of aromatic hydroxyl groups is 1. The highest BCUT2D eigenvalue weighted by atomic mass is 35.5. The van der Waals surface area contributed by atoms with Gasteiger partial charge in [0, 0.05) is 29.2 Å². The lowest BCUT2D eigenvalue weighted by molar-refractivity contribution is -0.125. The van der Waals surface area contributed by atoms with Gasteiger partial charge in [-0.1, -0.05) is 35.3 Å². The lowest BCUT2D eigenvalue weighted by Gasteiger charge is -2.16. The maximum atomic E-state index is 12.2. The maximum Gasteiger partial charge on any atom is 0.295 e. The van der Waals surface area contributed by atoms with Gasteiger partial charge >= 0.3 is 0 Å². The van der Waals surface area contributed by atoms with Gasteiger partial charge in [-0.25, -0.2) is 0 Å². The number of Topliss-reactive ketones (excluding diaryl/α,β-unsaturated/α-hetero) is 1. The average Bonchev–Trinajstić information content (AvgIpc) is 2.44. The van der Waals surface area contributed by atoms with Crippen molar-refractivity contribution in [1.29, 1.82) is 0 Å². The van der Waals surface area contributed by atoms with Gasteiger partial charge in [-0.15, -0.1) is 0 Å². The van der Waals surface area contributed by atoms with Gasteiger partial charge < -0.3 is 10.0 Å². The smallest absolute Gasteiger partial charge is 0.295 e. The zero-order valence-electron chi connectivity index (χ0n) is 11.7. The quantitative estimate of drug-likeness (QED) is 0.685. The lowest BCUT2D eigenvalue weighted by Crippen LogP contribution is -2.32. The summed E-state index contributed by atoms with van der Waals surface area (Å²) in [6.45, 7) is 0.202. The summed E-state index contributed by atoms with van der Waals surface area (Å²) in [5, 5.41) is 10.00. The summed E-state index contributed by atoms with van der Waals surface area (Å²) in [6.07, 6.45) is 0. The van der Waals surface area contributed by atoms with E-state index in [2.05, 4.69) is 0 Å². The van der Waals surface area contributed by atoms with Crippen molar-refractivity contribution < 1.29 is 14.7 Å². The number of hydrogen-bond acceptors (Lipinski definition) is 3. The lowest BCUT2D eigenvalue weighted by atomic mass is 10.1. The first-order valence-corrected chi connectivity index (χ1v) is 7.16. The van der Waals surface area contributed by atoms with Gasteiger partial charge in [-0.05, 0) is 35.9 Å². The van der Waals surface area contributed by atoms with Gasteiger partial charge in [0.25, 0.3) is 5.91 Å². The molecule has 0 fully saturated rings. The third-order valence-electron chi connectivity index (χ3n) is 3.00. The molecular formula is C16H13Cl2NO3. The van der Waals surface area contributed by atoms with Crippen LogP contribution in [0.2, 0.25) is 10.0 Å². The fourth-order valence-electron chi connectivity index (χ4n) is 1.98. The van der Waals surface area contributed by atoms with Gasteiger partial charge in [0.1, 0.15) is 5.75 Å². The SMILES string of the molecule is CN(Cc1cccc(O)c1)C(=O)C(=O)c1cc(Cl)cc(Cl)c1. The van der Waals surface area contributed by atoms with Crippen LogP contribution in [0.5, 0.6) is 5.75 Å². The van der Waals surface area contributed by atoms with Crippen molar-refractivity contribution in [3.8, 4) is 5.75 Å². The van der Waals surface area contributed by atoms with Crippen LogP contribution in [-0.4, -0.2) is 28.7 Å². The largest absolute Gasteiger partial charge is 0.508 e. The predicted molar refractivity (Wildman–Crippen MR) is 85.4 cm³/mol. The van der Waals surface area contributed by atoms with E-state index < -0.39 is 11.7 Å². The number of rotatable bonds is 4. The second kappa shape index (κ2) is 6.81. The molecule has 0 saturated heterocycles. The minimum atomic E-state index is -0.688. The number of carbonyl (C=O) groups excluding carboxylic acids is 2. The van der Waals surface area contributed by atoms with E-state index in [1.807, 2.05) is 0 Å². The molecule has 2 aromatic rings. The zero-order chi connectivity index (χ0) is 16.3. The number of carbonyl (C=O) groups is 2. The Morgan fingerprint density at radius 2 is 1.73 bits per heavy atom. The second-order valence-electron chi connectivity index (χ2n) is 4.82. The molecule has 0 spiro atoms. The molecule has 0 aromatic heterocycles. The molecule has 114 valence electrons. The van der Waals surface area contributed by atoms with Crippen molar-refractivity contribution in [2.75, 3.05) is 7.05 Å². The van der Waals surface area contributed by atoms with E-state index >= 15 is 0 Å². The van der Waals surface area contributed by atoms with Crippen LogP contribution in [0.4, 0.5) is 0 Å².